The summed E-state index contributed by atoms with van der Waals surface area (Å²) in [6, 6.07) is 14.0. The molecule has 4 rings (SSSR count). The van der Waals surface area contributed by atoms with E-state index in [0.29, 0.717) is 23.5 Å². The first-order valence-corrected chi connectivity index (χ1v) is 10.8. The number of anilines is 2. The fraction of sp³-hybridized carbons (Fsp3) is 0.375. The smallest absolute Gasteiger partial charge is 0.253 e. The Morgan fingerprint density at radius 3 is 2.66 bits per heavy atom. The second-order valence-electron chi connectivity index (χ2n) is 7.98. The highest BCUT2D eigenvalue weighted by Crippen LogP contribution is 2.28. The maximum absolute atomic E-state index is 12.9. The third-order valence-electron chi connectivity index (χ3n) is 5.82. The van der Waals surface area contributed by atoms with Crippen LogP contribution in [0.5, 0.6) is 5.75 Å². The highest BCUT2D eigenvalue weighted by molar-refractivity contribution is 6.07. The van der Waals surface area contributed by atoms with Crippen molar-refractivity contribution in [2.75, 3.05) is 37.0 Å². The highest BCUT2D eigenvalue weighted by Gasteiger charge is 2.35. The molecule has 2 N–H and O–H groups in total. The SMILES string of the molecule is COc1ccc(N2C[C@H](C(=O)Nc3ccccc3C(=O)NC[C@@H]3CCCO3)CC2=O)cc1. The first-order valence-electron chi connectivity index (χ1n) is 10.8. The van der Waals surface area contributed by atoms with Crippen molar-refractivity contribution < 1.29 is 23.9 Å². The van der Waals surface area contributed by atoms with Crippen molar-refractivity contribution in [2.45, 2.75) is 25.4 Å². The molecule has 2 atom stereocenters. The van der Waals surface area contributed by atoms with Crippen LogP contribution in [0.4, 0.5) is 11.4 Å². The second kappa shape index (κ2) is 9.82. The fourth-order valence-corrected chi connectivity index (χ4v) is 4.03. The van der Waals surface area contributed by atoms with Gasteiger partial charge in [0.15, 0.2) is 0 Å². The number of carbonyl (C=O) groups excluding carboxylic acids is 3. The van der Waals surface area contributed by atoms with Crippen LogP contribution < -0.4 is 20.3 Å². The van der Waals surface area contributed by atoms with Gasteiger partial charge in [-0.25, -0.2) is 0 Å². The predicted octanol–water partition coefficient (Wildman–Crippen LogP) is 2.60. The lowest BCUT2D eigenvalue weighted by atomic mass is 10.1. The quantitative estimate of drug-likeness (QED) is 0.694. The number of benzene rings is 2. The van der Waals surface area contributed by atoms with Crippen molar-refractivity contribution in [1.82, 2.24) is 5.32 Å². The molecule has 0 saturated carbocycles. The van der Waals surface area contributed by atoms with Gasteiger partial charge in [-0.1, -0.05) is 12.1 Å². The van der Waals surface area contributed by atoms with Crippen LogP contribution in [0, 0.1) is 5.92 Å². The highest BCUT2D eigenvalue weighted by atomic mass is 16.5. The fourth-order valence-electron chi connectivity index (χ4n) is 4.03. The predicted molar refractivity (Wildman–Crippen MR) is 120 cm³/mol. The lowest BCUT2D eigenvalue weighted by Crippen LogP contribution is -2.33. The first kappa shape index (κ1) is 21.8. The molecule has 8 nitrogen and oxygen atoms in total. The topological polar surface area (TPSA) is 97.0 Å². The monoisotopic (exact) mass is 437 g/mol. The summed E-state index contributed by atoms with van der Waals surface area (Å²) < 4.78 is 10.7. The molecular weight excluding hydrogens is 410 g/mol. The van der Waals surface area contributed by atoms with Crippen LogP contribution in [0.2, 0.25) is 0 Å². The third kappa shape index (κ3) is 4.91. The standard InChI is InChI=1S/C24H27N3O5/c1-31-18-10-8-17(9-11-18)27-15-16(13-22(27)28)23(29)26-21-7-3-2-6-20(21)24(30)25-14-19-5-4-12-32-19/h2-3,6-11,16,19H,4-5,12-15H2,1H3,(H,25,30)(H,26,29)/t16-,19+/m1/s1. The number of nitrogens with zero attached hydrogens (tertiary/aromatic N) is 1. The van der Waals surface area contributed by atoms with E-state index >= 15 is 0 Å². The Morgan fingerprint density at radius 1 is 1.16 bits per heavy atom. The molecule has 0 aromatic heterocycles. The van der Waals surface area contributed by atoms with Crippen molar-refractivity contribution in [3.05, 3.63) is 54.1 Å². The molecule has 8 heteroatoms. The zero-order chi connectivity index (χ0) is 22.5. The van der Waals surface area contributed by atoms with Crippen LogP contribution in [0.25, 0.3) is 0 Å². The van der Waals surface area contributed by atoms with Gasteiger partial charge in [0, 0.05) is 31.8 Å². The molecule has 3 amide bonds. The second-order valence-corrected chi connectivity index (χ2v) is 7.98. The van der Waals surface area contributed by atoms with Crippen molar-refractivity contribution in [3.63, 3.8) is 0 Å². The molecule has 32 heavy (non-hydrogen) atoms. The Labute approximate surface area is 186 Å². The van der Waals surface area contributed by atoms with Gasteiger partial charge in [-0.2, -0.15) is 0 Å². The Morgan fingerprint density at radius 2 is 1.94 bits per heavy atom. The molecule has 0 radical (unpaired) electrons. The molecular formula is C24H27N3O5. The summed E-state index contributed by atoms with van der Waals surface area (Å²) in [6.45, 7) is 1.44. The molecule has 0 unspecified atom stereocenters. The van der Waals surface area contributed by atoms with E-state index in [-0.39, 0.29) is 36.8 Å². The number of hydrogen-bond donors (Lipinski definition) is 2. The van der Waals surface area contributed by atoms with E-state index in [4.69, 9.17) is 9.47 Å². The molecule has 0 bridgehead atoms. The van der Waals surface area contributed by atoms with Gasteiger partial charge in [-0.15, -0.1) is 0 Å². The Kier molecular flexibility index (Phi) is 6.70. The molecule has 2 aromatic rings. The molecule has 2 saturated heterocycles. The van der Waals surface area contributed by atoms with Gasteiger partial charge in [-0.3, -0.25) is 14.4 Å². The number of rotatable bonds is 7. The van der Waals surface area contributed by atoms with Gasteiger partial charge in [-0.05, 0) is 49.2 Å². The maximum atomic E-state index is 12.9. The summed E-state index contributed by atoms with van der Waals surface area (Å²) in [5.41, 5.74) is 1.54. The Bertz CT molecular complexity index is 985. The summed E-state index contributed by atoms with van der Waals surface area (Å²) in [5, 5.41) is 5.72. The molecule has 0 aliphatic carbocycles. The van der Waals surface area contributed by atoms with Crippen LogP contribution in [0.15, 0.2) is 48.5 Å². The number of ether oxygens (including phenoxy) is 2. The minimum Gasteiger partial charge on any atom is -0.497 e. The van der Waals surface area contributed by atoms with Gasteiger partial charge in [0.25, 0.3) is 5.91 Å². The summed E-state index contributed by atoms with van der Waals surface area (Å²) in [4.78, 5) is 39.7. The Balaban J connectivity index is 1.39. The largest absolute Gasteiger partial charge is 0.497 e. The van der Waals surface area contributed by atoms with Gasteiger partial charge < -0.3 is 25.0 Å². The van der Waals surface area contributed by atoms with Gasteiger partial charge in [0.1, 0.15) is 5.75 Å². The lowest BCUT2D eigenvalue weighted by Gasteiger charge is -2.18. The van der Waals surface area contributed by atoms with E-state index in [1.165, 1.54) is 0 Å². The third-order valence-corrected chi connectivity index (χ3v) is 5.82. The van der Waals surface area contributed by atoms with Crippen molar-refractivity contribution in [3.8, 4) is 5.75 Å². The number of para-hydroxylation sites is 1. The Hall–Kier alpha value is -3.39. The molecule has 2 aromatic carbocycles. The van der Waals surface area contributed by atoms with E-state index in [9.17, 15) is 14.4 Å². The molecule has 2 aliphatic heterocycles. The summed E-state index contributed by atoms with van der Waals surface area (Å²) >= 11 is 0. The van der Waals surface area contributed by atoms with Gasteiger partial charge >= 0.3 is 0 Å². The number of amides is 3. The maximum Gasteiger partial charge on any atom is 0.253 e. The number of methoxy groups -OCH3 is 1. The normalized spacial score (nSPS) is 20.3. The van der Waals surface area contributed by atoms with Crippen LogP contribution in [0.1, 0.15) is 29.6 Å². The minimum absolute atomic E-state index is 0.0362. The van der Waals surface area contributed by atoms with Crippen LogP contribution in [-0.2, 0) is 14.3 Å². The zero-order valence-electron chi connectivity index (χ0n) is 18.0. The van der Waals surface area contributed by atoms with Crippen LogP contribution >= 0.6 is 0 Å². The first-order chi connectivity index (χ1) is 15.5. The van der Waals surface area contributed by atoms with E-state index in [1.54, 1.807) is 60.5 Å². The average molecular weight is 437 g/mol. The van der Waals surface area contributed by atoms with E-state index in [1.807, 2.05) is 0 Å². The van der Waals surface area contributed by atoms with E-state index in [0.717, 1.165) is 25.1 Å². The number of carbonyl (C=O) groups is 3. The van der Waals surface area contributed by atoms with Crippen molar-refractivity contribution >= 4 is 29.1 Å². The van der Waals surface area contributed by atoms with Gasteiger partial charge in [0.05, 0.1) is 30.4 Å². The van der Waals surface area contributed by atoms with Gasteiger partial charge in [0.2, 0.25) is 11.8 Å². The average Bonchev–Trinajstić information content (AvgIpc) is 3.47. The molecule has 2 aliphatic rings. The van der Waals surface area contributed by atoms with E-state index < -0.39 is 5.92 Å². The van der Waals surface area contributed by atoms with Crippen molar-refractivity contribution in [1.29, 1.82) is 0 Å². The van der Waals surface area contributed by atoms with Crippen LogP contribution in [-0.4, -0.2) is 50.6 Å². The molecule has 168 valence electrons. The molecule has 2 heterocycles. The summed E-state index contributed by atoms with van der Waals surface area (Å²) in [7, 11) is 1.58. The van der Waals surface area contributed by atoms with E-state index in [2.05, 4.69) is 10.6 Å². The zero-order valence-corrected chi connectivity index (χ0v) is 18.0. The number of nitrogens with one attached hydrogen (secondary N) is 2. The summed E-state index contributed by atoms with van der Waals surface area (Å²) in [5.74, 6) is -0.470. The molecule has 2 fully saturated rings. The van der Waals surface area contributed by atoms with Crippen LogP contribution in [0.3, 0.4) is 0 Å². The molecule has 0 spiro atoms. The number of hydrogen-bond acceptors (Lipinski definition) is 5. The lowest BCUT2D eigenvalue weighted by molar-refractivity contribution is -0.122. The summed E-state index contributed by atoms with van der Waals surface area (Å²) in [6.07, 6.45) is 2.08. The minimum atomic E-state index is -0.507. The van der Waals surface area contributed by atoms with Crippen molar-refractivity contribution in [2.24, 2.45) is 5.92 Å².